The molecule has 2 aromatic heterocycles. The highest BCUT2D eigenvalue weighted by atomic mass is 16.5. The van der Waals surface area contributed by atoms with Gasteiger partial charge in [-0.15, -0.1) is 0 Å². The summed E-state index contributed by atoms with van der Waals surface area (Å²) in [7, 11) is 0. The van der Waals surface area contributed by atoms with Crippen molar-refractivity contribution >= 4 is 11.5 Å². The Morgan fingerprint density at radius 2 is 2.25 bits per heavy atom. The van der Waals surface area contributed by atoms with Crippen LogP contribution in [0.15, 0.2) is 16.8 Å². The van der Waals surface area contributed by atoms with E-state index in [9.17, 15) is 0 Å². The van der Waals surface area contributed by atoms with Gasteiger partial charge in [-0.25, -0.2) is 4.98 Å². The SMILES string of the molecule is Cc1noc(CNc2cc(C)c(N)cn2)n1. The second-order valence-electron chi connectivity index (χ2n) is 3.52. The molecule has 0 amide bonds. The zero-order valence-electron chi connectivity index (χ0n) is 9.19. The van der Waals surface area contributed by atoms with E-state index in [2.05, 4.69) is 20.4 Å². The van der Waals surface area contributed by atoms with Gasteiger partial charge in [0, 0.05) is 0 Å². The van der Waals surface area contributed by atoms with Gasteiger partial charge in [0.05, 0.1) is 18.4 Å². The van der Waals surface area contributed by atoms with Crippen LogP contribution in [0.25, 0.3) is 0 Å². The summed E-state index contributed by atoms with van der Waals surface area (Å²) in [6.07, 6.45) is 1.62. The van der Waals surface area contributed by atoms with Crippen molar-refractivity contribution in [2.24, 2.45) is 0 Å². The minimum Gasteiger partial charge on any atom is -0.397 e. The van der Waals surface area contributed by atoms with Gasteiger partial charge < -0.3 is 15.6 Å². The zero-order chi connectivity index (χ0) is 11.5. The summed E-state index contributed by atoms with van der Waals surface area (Å²) in [6.45, 7) is 4.16. The maximum Gasteiger partial charge on any atom is 0.245 e. The topological polar surface area (TPSA) is 89.9 Å². The summed E-state index contributed by atoms with van der Waals surface area (Å²) < 4.78 is 4.96. The maximum absolute atomic E-state index is 5.67. The van der Waals surface area contributed by atoms with Crippen molar-refractivity contribution in [3.63, 3.8) is 0 Å². The molecule has 16 heavy (non-hydrogen) atoms. The third-order valence-corrected chi connectivity index (χ3v) is 2.14. The highest BCUT2D eigenvalue weighted by molar-refractivity contribution is 5.50. The number of nitrogens with one attached hydrogen (secondary N) is 1. The summed E-state index contributed by atoms with van der Waals surface area (Å²) in [5, 5.41) is 6.77. The molecule has 0 spiro atoms. The first kappa shape index (κ1) is 10.4. The van der Waals surface area contributed by atoms with E-state index in [1.165, 1.54) is 0 Å². The first-order valence-electron chi connectivity index (χ1n) is 4.90. The molecule has 0 atom stereocenters. The summed E-state index contributed by atoms with van der Waals surface area (Å²) >= 11 is 0. The number of aromatic nitrogens is 3. The van der Waals surface area contributed by atoms with Gasteiger partial charge >= 0.3 is 0 Å². The lowest BCUT2D eigenvalue weighted by Crippen LogP contribution is -2.03. The number of pyridine rings is 1. The molecule has 6 heteroatoms. The van der Waals surface area contributed by atoms with E-state index in [0.717, 1.165) is 11.4 Å². The van der Waals surface area contributed by atoms with Gasteiger partial charge in [-0.05, 0) is 25.5 Å². The summed E-state index contributed by atoms with van der Waals surface area (Å²) in [4.78, 5) is 8.21. The van der Waals surface area contributed by atoms with E-state index in [4.69, 9.17) is 10.3 Å². The van der Waals surface area contributed by atoms with Crippen molar-refractivity contribution in [2.75, 3.05) is 11.1 Å². The second kappa shape index (κ2) is 4.18. The van der Waals surface area contributed by atoms with E-state index in [1.807, 2.05) is 13.0 Å². The maximum atomic E-state index is 5.67. The van der Waals surface area contributed by atoms with E-state index in [1.54, 1.807) is 13.1 Å². The fraction of sp³-hybridized carbons (Fsp3) is 0.300. The lowest BCUT2D eigenvalue weighted by Gasteiger charge is -2.04. The minimum atomic E-state index is 0.456. The molecule has 84 valence electrons. The highest BCUT2D eigenvalue weighted by Gasteiger charge is 2.03. The molecule has 0 saturated carbocycles. The summed E-state index contributed by atoms with van der Waals surface area (Å²) in [5.74, 6) is 1.90. The fourth-order valence-corrected chi connectivity index (χ4v) is 1.24. The van der Waals surface area contributed by atoms with Gasteiger partial charge in [0.25, 0.3) is 0 Å². The first-order chi connectivity index (χ1) is 7.65. The highest BCUT2D eigenvalue weighted by Crippen LogP contribution is 2.13. The van der Waals surface area contributed by atoms with Crippen molar-refractivity contribution in [1.29, 1.82) is 0 Å². The fourth-order valence-electron chi connectivity index (χ4n) is 1.24. The van der Waals surface area contributed by atoms with E-state index >= 15 is 0 Å². The molecule has 0 bridgehead atoms. The molecule has 2 heterocycles. The van der Waals surface area contributed by atoms with Crippen molar-refractivity contribution in [2.45, 2.75) is 20.4 Å². The number of hydrogen-bond donors (Lipinski definition) is 2. The van der Waals surface area contributed by atoms with Crippen molar-refractivity contribution in [1.82, 2.24) is 15.1 Å². The van der Waals surface area contributed by atoms with Crippen LogP contribution in [-0.4, -0.2) is 15.1 Å². The van der Waals surface area contributed by atoms with Crippen LogP contribution in [0, 0.1) is 13.8 Å². The Bertz CT molecular complexity index is 494. The van der Waals surface area contributed by atoms with Crippen LogP contribution in [-0.2, 0) is 6.54 Å². The number of nitrogens with zero attached hydrogens (tertiary/aromatic N) is 3. The second-order valence-corrected chi connectivity index (χ2v) is 3.52. The van der Waals surface area contributed by atoms with Crippen LogP contribution in [0.5, 0.6) is 0 Å². The quantitative estimate of drug-likeness (QED) is 0.808. The molecule has 2 aromatic rings. The Morgan fingerprint density at radius 3 is 2.88 bits per heavy atom. The predicted octanol–water partition coefficient (Wildman–Crippen LogP) is 1.28. The number of nitrogens with two attached hydrogens (primary N) is 1. The molecule has 0 radical (unpaired) electrons. The van der Waals surface area contributed by atoms with Crippen LogP contribution in [0.1, 0.15) is 17.3 Å². The smallest absolute Gasteiger partial charge is 0.245 e. The van der Waals surface area contributed by atoms with Crippen LogP contribution in [0.4, 0.5) is 11.5 Å². The Hall–Kier alpha value is -2.11. The average molecular weight is 219 g/mol. The molecule has 0 aliphatic heterocycles. The van der Waals surface area contributed by atoms with Gasteiger partial charge in [0.2, 0.25) is 5.89 Å². The lowest BCUT2D eigenvalue weighted by atomic mass is 10.2. The number of nitrogen functional groups attached to an aromatic ring is 1. The monoisotopic (exact) mass is 219 g/mol. The molecule has 0 aliphatic carbocycles. The van der Waals surface area contributed by atoms with Gasteiger partial charge in [-0.1, -0.05) is 5.16 Å². The molecular formula is C10H13N5O. The average Bonchev–Trinajstić information content (AvgIpc) is 2.66. The molecule has 0 unspecified atom stereocenters. The van der Waals surface area contributed by atoms with Gasteiger partial charge in [-0.3, -0.25) is 0 Å². The molecule has 2 rings (SSSR count). The molecule has 0 fully saturated rings. The van der Waals surface area contributed by atoms with E-state index in [-0.39, 0.29) is 0 Å². The van der Waals surface area contributed by atoms with Gasteiger partial charge in [-0.2, -0.15) is 4.98 Å². The first-order valence-corrected chi connectivity index (χ1v) is 4.90. The van der Waals surface area contributed by atoms with Crippen molar-refractivity contribution < 1.29 is 4.52 Å². The standard InChI is InChI=1S/C10H13N5O/c1-6-3-9(12-4-8(6)11)13-5-10-14-7(2)15-16-10/h3-4H,5,11H2,1-2H3,(H,12,13). The molecule has 6 nitrogen and oxygen atoms in total. The largest absolute Gasteiger partial charge is 0.397 e. The minimum absolute atomic E-state index is 0.456. The van der Waals surface area contributed by atoms with Crippen molar-refractivity contribution in [3.05, 3.63) is 29.5 Å². The molecule has 3 N–H and O–H groups in total. The Morgan fingerprint density at radius 1 is 1.44 bits per heavy atom. The Labute approximate surface area is 92.9 Å². The third-order valence-electron chi connectivity index (χ3n) is 2.14. The predicted molar refractivity (Wildman–Crippen MR) is 59.7 cm³/mol. The number of aryl methyl sites for hydroxylation is 2. The zero-order valence-corrected chi connectivity index (χ0v) is 9.19. The van der Waals surface area contributed by atoms with E-state index < -0.39 is 0 Å². The lowest BCUT2D eigenvalue weighted by molar-refractivity contribution is 0.379. The van der Waals surface area contributed by atoms with Gasteiger partial charge in [0.15, 0.2) is 5.82 Å². The number of hydrogen-bond acceptors (Lipinski definition) is 6. The molecule has 0 saturated heterocycles. The van der Waals surface area contributed by atoms with Crippen LogP contribution in [0.2, 0.25) is 0 Å². The third kappa shape index (κ3) is 2.28. The Kier molecular flexibility index (Phi) is 2.72. The normalized spacial score (nSPS) is 10.4. The van der Waals surface area contributed by atoms with Gasteiger partial charge in [0.1, 0.15) is 5.82 Å². The van der Waals surface area contributed by atoms with Crippen molar-refractivity contribution in [3.8, 4) is 0 Å². The summed E-state index contributed by atoms with van der Waals surface area (Å²) in [5.41, 5.74) is 7.33. The molecule has 0 aromatic carbocycles. The number of anilines is 2. The molecule has 0 aliphatic rings. The Balaban J connectivity index is 2.02. The summed E-state index contributed by atoms with van der Waals surface area (Å²) in [6, 6.07) is 1.87. The number of rotatable bonds is 3. The van der Waals surface area contributed by atoms with E-state index in [0.29, 0.717) is 23.9 Å². The van der Waals surface area contributed by atoms with Crippen LogP contribution in [0.3, 0.4) is 0 Å². The molecular weight excluding hydrogens is 206 g/mol. The van der Waals surface area contributed by atoms with Crippen LogP contribution < -0.4 is 11.1 Å². The van der Waals surface area contributed by atoms with Crippen LogP contribution >= 0.6 is 0 Å².